The van der Waals surface area contributed by atoms with Gasteiger partial charge in [-0.1, -0.05) is 43.7 Å². The Morgan fingerprint density at radius 2 is 1.90 bits per heavy atom. The van der Waals surface area contributed by atoms with E-state index < -0.39 is 0 Å². The Morgan fingerprint density at radius 1 is 1.14 bits per heavy atom. The first-order valence-corrected chi connectivity index (χ1v) is 8.33. The van der Waals surface area contributed by atoms with Crippen molar-refractivity contribution < 1.29 is 9.47 Å². The average Bonchev–Trinajstić information content (AvgIpc) is 2.82. The van der Waals surface area contributed by atoms with Crippen LogP contribution >= 0.6 is 0 Å². The third-order valence-corrected chi connectivity index (χ3v) is 4.37. The Labute approximate surface area is 129 Å². The van der Waals surface area contributed by atoms with E-state index in [1.165, 1.54) is 19.3 Å². The van der Waals surface area contributed by atoms with Crippen molar-refractivity contribution in [1.82, 2.24) is 0 Å². The van der Waals surface area contributed by atoms with E-state index in [-0.39, 0.29) is 0 Å². The molecule has 0 N–H and O–H groups in total. The zero-order valence-electron chi connectivity index (χ0n) is 13.5. The number of para-hydroxylation sites is 1. The minimum Gasteiger partial charge on any atom is -0.491 e. The standard InChI is InChI=1S/C17H22O2.C2H6/c1-13(16-11-14-7-8-15(14)12-16)18-9-10-19-17-5-3-2-4-6-17;1-2/h2-6,11,13,15-16H,7-10,12H2,1H3;1-2H3. The van der Waals surface area contributed by atoms with E-state index in [0.29, 0.717) is 25.2 Å². The lowest BCUT2D eigenvalue weighted by Gasteiger charge is -2.25. The van der Waals surface area contributed by atoms with Crippen LogP contribution < -0.4 is 4.74 Å². The van der Waals surface area contributed by atoms with Crippen LogP contribution in [0.15, 0.2) is 42.0 Å². The molecule has 3 rings (SSSR count). The first-order chi connectivity index (χ1) is 10.3. The van der Waals surface area contributed by atoms with E-state index in [2.05, 4.69) is 13.0 Å². The quantitative estimate of drug-likeness (QED) is 0.550. The molecule has 3 unspecified atom stereocenters. The number of rotatable bonds is 6. The molecule has 0 spiro atoms. The van der Waals surface area contributed by atoms with Crippen molar-refractivity contribution >= 4 is 0 Å². The summed E-state index contributed by atoms with van der Waals surface area (Å²) in [6.07, 6.45) is 6.79. The van der Waals surface area contributed by atoms with Crippen LogP contribution in [0.4, 0.5) is 0 Å². The molecule has 1 saturated carbocycles. The van der Waals surface area contributed by atoms with Gasteiger partial charge in [0.2, 0.25) is 0 Å². The van der Waals surface area contributed by atoms with Crippen LogP contribution in [0.3, 0.4) is 0 Å². The topological polar surface area (TPSA) is 18.5 Å². The number of fused-ring (bicyclic) bond motifs is 1. The Bertz CT molecular complexity index is 438. The normalized spacial score (nSPS) is 24.0. The molecule has 116 valence electrons. The first-order valence-electron chi connectivity index (χ1n) is 8.33. The van der Waals surface area contributed by atoms with Crippen LogP contribution in [-0.2, 0) is 4.74 Å². The molecule has 3 atom stereocenters. The molecule has 2 aliphatic rings. The second kappa shape index (κ2) is 8.23. The van der Waals surface area contributed by atoms with Crippen LogP contribution in [0.1, 0.15) is 40.0 Å². The Morgan fingerprint density at radius 3 is 2.48 bits per heavy atom. The van der Waals surface area contributed by atoms with E-state index in [1.54, 1.807) is 5.57 Å². The first kappa shape index (κ1) is 16.1. The highest BCUT2D eigenvalue weighted by Crippen LogP contribution is 2.45. The van der Waals surface area contributed by atoms with Gasteiger partial charge in [0.25, 0.3) is 0 Å². The molecule has 2 heteroatoms. The summed E-state index contributed by atoms with van der Waals surface area (Å²) in [7, 11) is 0. The lowest BCUT2D eigenvalue weighted by atomic mass is 9.81. The van der Waals surface area contributed by atoms with E-state index in [9.17, 15) is 0 Å². The van der Waals surface area contributed by atoms with Crippen molar-refractivity contribution in [3.05, 3.63) is 42.0 Å². The monoisotopic (exact) mass is 288 g/mol. The number of hydrogen-bond acceptors (Lipinski definition) is 2. The minimum atomic E-state index is 0.317. The van der Waals surface area contributed by atoms with E-state index in [4.69, 9.17) is 9.47 Å². The van der Waals surface area contributed by atoms with Crippen molar-refractivity contribution in [1.29, 1.82) is 0 Å². The molecule has 2 nitrogen and oxygen atoms in total. The van der Waals surface area contributed by atoms with E-state index in [0.717, 1.165) is 11.7 Å². The summed E-state index contributed by atoms with van der Waals surface area (Å²) < 4.78 is 11.5. The molecular weight excluding hydrogens is 260 g/mol. The van der Waals surface area contributed by atoms with Crippen molar-refractivity contribution in [2.75, 3.05) is 13.2 Å². The van der Waals surface area contributed by atoms with Gasteiger partial charge >= 0.3 is 0 Å². The van der Waals surface area contributed by atoms with Crippen LogP contribution in [0.2, 0.25) is 0 Å². The zero-order valence-corrected chi connectivity index (χ0v) is 13.5. The highest BCUT2D eigenvalue weighted by Gasteiger charge is 2.34. The van der Waals surface area contributed by atoms with Gasteiger partial charge in [0.15, 0.2) is 0 Å². The summed E-state index contributed by atoms with van der Waals surface area (Å²) in [5.41, 5.74) is 1.68. The summed E-state index contributed by atoms with van der Waals surface area (Å²) in [4.78, 5) is 0. The molecule has 2 aliphatic carbocycles. The van der Waals surface area contributed by atoms with Crippen LogP contribution in [-0.4, -0.2) is 19.3 Å². The SMILES string of the molecule is CC.CC(OCCOc1ccccc1)C1C=C2CCC2C1. The summed E-state index contributed by atoms with van der Waals surface area (Å²) in [5.74, 6) is 2.43. The Balaban J connectivity index is 0.000000774. The Hall–Kier alpha value is -1.28. The van der Waals surface area contributed by atoms with E-state index in [1.807, 2.05) is 44.2 Å². The molecule has 1 aromatic rings. The van der Waals surface area contributed by atoms with Crippen LogP contribution in [0.25, 0.3) is 0 Å². The molecule has 0 bridgehead atoms. The highest BCUT2D eigenvalue weighted by molar-refractivity contribution is 5.23. The molecule has 0 aromatic heterocycles. The van der Waals surface area contributed by atoms with Gasteiger partial charge in [0.1, 0.15) is 12.4 Å². The molecule has 21 heavy (non-hydrogen) atoms. The number of hydrogen-bond donors (Lipinski definition) is 0. The van der Waals surface area contributed by atoms with Gasteiger partial charge < -0.3 is 9.47 Å². The van der Waals surface area contributed by atoms with Gasteiger partial charge in [-0.25, -0.2) is 0 Å². The second-order valence-corrected chi connectivity index (χ2v) is 5.61. The average molecular weight is 288 g/mol. The smallest absolute Gasteiger partial charge is 0.119 e. The maximum atomic E-state index is 5.90. The minimum absolute atomic E-state index is 0.317. The molecule has 1 fully saturated rings. The summed E-state index contributed by atoms with van der Waals surface area (Å²) in [5, 5.41) is 0. The maximum Gasteiger partial charge on any atom is 0.119 e. The zero-order chi connectivity index (χ0) is 15.1. The molecular formula is C19H28O2. The number of allylic oxidation sites excluding steroid dienone is 1. The molecule has 0 aliphatic heterocycles. The predicted molar refractivity (Wildman–Crippen MR) is 87.6 cm³/mol. The van der Waals surface area contributed by atoms with Crippen LogP contribution in [0, 0.1) is 11.8 Å². The third-order valence-electron chi connectivity index (χ3n) is 4.37. The molecule has 0 amide bonds. The van der Waals surface area contributed by atoms with Crippen molar-refractivity contribution in [3.63, 3.8) is 0 Å². The maximum absolute atomic E-state index is 5.90. The van der Waals surface area contributed by atoms with Crippen LogP contribution in [0.5, 0.6) is 5.75 Å². The fourth-order valence-electron chi connectivity index (χ4n) is 3.04. The second-order valence-electron chi connectivity index (χ2n) is 5.61. The lowest BCUT2D eigenvalue weighted by Crippen LogP contribution is -2.21. The van der Waals surface area contributed by atoms with Gasteiger partial charge in [-0.05, 0) is 44.2 Å². The number of ether oxygens (including phenoxy) is 2. The van der Waals surface area contributed by atoms with Crippen molar-refractivity contribution in [3.8, 4) is 5.75 Å². The van der Waals surface area contributed by atoms with Gasteiger partial charge in [-0.3, -0.25) is 0 Å². The van der Waals surface area contributed by atoms with Gasteiger partial charge in [0.05, 0.1) is 12.7 Å². The van der Waals surface area contributed by atoms with Crippen molar-refractivity contribution in [2.45, 2.75) is 46.1 Å². The Kier molecular flexibility index (Phi) is 6.31. The number of benzene rings is 1. The summed E-state index contributed by atoms with van der Waals surface area (Å²) in [6, 6.07) is 9.91. The van der Waals surface area contributed by atoms with Gasteiger partial charge in [0, 0.05) is 5.92 Å². The summed E-state index contributed by atoms with van der Waals surface area (Å²) >= 11 is 0. The van der Waals surface area contributed by atoms with Gasteiger partial charge in [-0.15, -0.1) is 0 Å². The fraction of sp³-hybridized carbons (Fsp3) is 0.579. The van der Waals surface area contributed by atoms with Gasteiger partial charge in [-0.2, -0.15) is 0 Å². The molecule has 0 saturated heterocycles. The fourth-order valence-corrected chi connectivity index (χ4v) is 3.04. The predicted octanol–water partition coefficient (Wildman–Crippen LogP) is 4.85. The molecule has 0 radical (unpaired) electrons. The molecule has 1 aromatic carbocycles. The van der Waals surface area contributed by atoms with E-state index >= 15 is 0 Å². The third kappa shape index (κ3) is 4.34. The molecule has 0 heterocycles. The highest BCUT2D eigenvalue weighted by atomic mass is 16.5. The van der Waals surface area contributed by atoms with Crippen molar-refractivity contribution in [2.24, 2.45) is 11.8 Å². The summed E-state index contributed by atoms with van der Waals surface area (Å²) in [6.45, 7) is 7.48. The lowest BCUT2D eigenvalue weighted by molar-refractivity contribution is 0.0191. The largest absolute Gasteiger partial charge is 0.491 e.